The van der Waals surface area contributed by atoms with Crippen molar-refractivity contribution in [1.82, 2.24) is 0 Å². The van der Waals surface area contributed by atoms with Crippen LogP contribution in [-0.2, 0) is 6.18 Å². The Balaban J connectivity index is 1.15. The standard InChI is InChI=1S/C33H48F4O/c1-3-4-5-24-13-17-28(18-14-24)29-19-15-26(16-20-29)8-7-25-9-11-27(12-10-25)22-38-30-21-6-23(2)32(34)31(30)33(35,36)37/h6-8,21,24-29H,3-5,9-20,22H2,1-2H3. The Morgan fingerprint density at radius 3 is 1.87 bits per heavy atom. The monoisotopic (exact) mass is 536 g/mol. The summed E-state index contributed by atoms with van der Waals surface area (Å²) in [4.78, 5) is 0. The number of aryl methyl sites for hydroxylation is 1. The third-order valence-electron chi connectivity index (χ3n) is 9.94. The molecule has 0 aromatic heterocycles. The van der Waals surface area contributed by atoms with Crippen LogP contribution in [0.25, 0.3) is 0 Å². The van der Waals surface area contributed by atoms with Crippen LogP contribution >= 0.6 is 0 Å². The summed E-state index contributed by atoms with van der Waals surface area (Å²) < 4.78 is 59.9. The number of hydrogen-bond acceptors (Lipinski definition) is 1. The van der Waals surface area contributed by atoms with Crippen LogP contribution in [0.1, 0.15) is 114 Å². The molecule has 1 nitrogen and oxygen atoms in total. The van der Waals surface area contributed by atoms with Gasteiger partial charge in [-0.3, -0.25) is 0 Å². The number of ether oxygens (including phenoxy) is 1. The molecule has 1 aromatic rings. The number of unbranched alkanes of at least 4 members (excludes halogenated alkanes) is 1. The van der Waals surface area contributed by atoms with Crippen molar-refractivity contribution >= 4 is 0 Å². The van der Waals surface area contributed by atoms with Gasteiger partial charge in [-0.1, -0.05) is 57.2 Å². The number of hydrogen-bond donors (Lipinski definition) is 0. The lowest BCUT2D eigenvalue weighted by atomic mass is 9.68. The highest BCUT2D eigenvalue weighted by Gasteiger charge is 2.39. The third-order valence-corrected chi connectivity index (χ3v) is 9.94. The Morgan fingerprint density at radius 1 is 0.789 bits per heavy atom. The predicted molar refractivity (Wildman–Crippen MR) is 147 cm³/mol. The van der Waals surface area contributed by atoms with E-state index in [1.165, 1.54) is 89.7 Å². The van der Waals surface area contributed by atoms with Crippen LogP contribution < -0.4 is 4.74 Å². The van der Waals surface area contributed by atoms with Gasteiger partial charge in [-0.2, -0.15) is 13.2 Å². The van der Waals surface area contributed by atoms with E-state index in [4.69, 9.17) is 4.74 Å². The molecule has 38 heavy (non-hydrogen) atoms. The Labute approximate surface area is 227 Å². The largest absolute Gasteiger partial charge is 0.493 e. The minimum atomic E-state index is -4.76. The second-order valence-corrected chi connectivity index (χ2v) is 12.6. The molecule has 0 unspecified atom stereocenters. The number of benzene rings is 1. The third kappa shape index (κ3) is 8.01. The summed E-state index contributed by atoms with van der Waals surface area (Å²) in [6.45, 7) is 3.86. The van der Waals surface area contributed by atoms with E-state index >= 15 is 0 Å². The normalized spacial score (nSPS) is 31.0. The lowest BCUT2D eigenvalue weighted by Crippen LogP contribution is -2.25. The highest BCUT2D eigenvalue weighted by atomic mass is 19.4. The quantitative estimate of drug-likeness (QED) is 0.225. The van der Waals surface area contributed by atoms with E-state index in [9.17, 15) is 17.6 Å². The molecule has 3 fully saturated rings. The summed E-state index contributed by atoms with van der Waals surface area (Å²) in [5.74, 6) is 2.79. The fourth-order valence-corrected chi connectivity index (χ4v) is 7.37. The second-order valence-electron chi connectivity index (χ2n) is 12.6. The van der Waals surface area contributed by atoms with Gasteiger partial charge in [-0.15, -0.1) is 0 Å². The van der Waals surface area contributed by atoms with Gasteiger partial charge in [0.15, 0.2) is 0 Å². The van der Waals surface area contributed by atoms with E-state index in [-0.39, 0.29) is 23.8 Å². The van der Waals surface area contributed by atoms with Crippen LogP contribution in [0.3, 0.4) is 0 Å². The van der Waals surface area contributed by atoms with Gasteiger partial charge in [0, 0.05) is 0 Å². The molecule has 4 rings (SSSR count). The highest BCUT2D eigenvalue weighted by Crippen LogP contribution is 2.43. The maximum absolute atomic E-state index is 14.2. The minimum Gasteiger partial charge on any atom is -0.493 e. The fourth-order valence-electron chi connectivity index (χ4n) is 7.37. The van der Waals surface area contributed by atoms with Crippen LogP contribution in [0.2, 0.25) is 0 Å². The molecule has 3 saturated carbocycles. The molecular weight excluding hydrogens is 488 g/mol. The SMILES string of the molecule is CCCCC1CCC(C2CCC(C=CC3CCC(COc4ccc(C)c(F)c4C(F)(F)F)CC3)CC2)CC1. The van der Waals surface area contributed by atoms with Crippen molar-refractivity contribution in [2.45, 2.75) is 116 Å². The summed E-state index contributed by atoms with van der Waals surface area (Å²) in [7, 11) is 0. The fraction of sp³-hybridized carbons (Fsp3) is 0.758. The first kappa shape index (κ1) is 29.5. The van der Waals surface area contributed by atoms with E-state index in [2.05, 4.69) is 19.1 Å². The molecule has 5 heteroatoms. The minimum absolute atomic E-state index is 0.0182. The summed E-state index contributed by atoms with van der Waals surface area (Å²) >= 11 is 0. The Bertz CT molecular complexity index is 883. The first-order valence-electron chi connectivity index (χ1n) is 15.4. The van der Waals surface area contributed by atoms with Gasteiger partial charge in [0.05, 0.1) is 6.61 Å². The van der Waals surface area contributed by atoms with Gasteiger partial charge in [-0.25, -0.2) is 4.39 Å². The van der Waals surface area contributed by atoms with E-state index in [0.717, 1.165) is 43.4 Å². The Hall–Kier alpha value is -1.52. The maximum Gasteiger partial charge on any atom is 0.422 e. The van der Waals surface area contributed by atoms with Gasteiger partial charge >= 0.3 is 6.18 Å². The molecule has 0 N–H and O–H groups in total. The molecule has 0 spiro atoms. The van der Waals surface area contributed by atoms with Crippen LogP contribution in [0.4, 0.5) is 17.6 Å². The average Bonchev–Trinajstić information content (AvgIpc) is 2.92. The molecule has 0 atom stereocenters. The lowest BCUT2D eigenvalue weighted by molar-refractivity contribution is -0.141. The molecule has 0 radical (unpaired) electrons. The van der Waals surface area contributed by atoms with E-state index in [1.54, 1.807) is 0 Å². The van der Waals surface area contributed by atoms with Crippen molar-refractivity contribution < 1.29 is 22.3 Å². The van der Waals surface area contributed by atoms with Crippen molar-refractivity contribution in [3.05, 3.63) is 41.2 Å². The van der Waals surface area contributed by atoms with Crippen molar-refractivity contribution in [1.29, 1.82) is 0 Å². The summed E-state index contributed by atoms with van der Waals surface area (Å²) in [5.41, 5.74) is -1.29. The van der Waals surface area contributed by atoms with Crippen LogP contribution in [-0.4, -0.2) is 6.61 Å². The molecule has 214 valence electrons. The second kappa shape index (κ2) is 13.7. The van der Waals surface area contributed by atoms with Crippen LogP contribution in [0, 0.1) is 48.2 Å². The van der Waals surface area contributed by atoms with E-state index < -0.39 is 17.6 Å². The average molecular weight is 537 g/mol. The number of allylic oxidation sites excluding steroid dienone is 2. The molecule has 1 aromatic carbocycles. The van der Waals surface area contributed by atoms with Gasteiger partial charge in [-0.05, 0) is 118 Å². The number of rotatable bonds is 9. The smallest absolute Gasteiger partial charge is 0.422 e. The first-order chi connectivity index (χ1) is 18.2. The first-order valence-corrected chi connectivity index (χ1v) is 15.4. The predicted octanol–water partition coefficient (Wildman–Crippen LogP) is 10.7. The van der Waals surface area contributed by atoms with Crippen molar-refractivity contribution in [2.75, 3.05) is 6.61 Å². The zero-order valence-corrected chi connectivity index (χ0v) is 23.5. The number of halogens is 4. The summed E-state index contributed by atoms with van der Waals surface area (Å²) in [5, 5.41) is 0. The molecule has 0 saturated heterocycles. The highest BCUT2D eigenvalue weighted by molar-refractivity contribution is 5.40. The van der Waals surface area contributed by atoms with Gasteiger partial charge in [0.2, 0.25) is 0 Å². The molecule has 0 heterocycles. The summed E-state index contributed by atoms with van der Waals surface area (Å²) in [6, 6.07) is 2.61. The molecule has 0 amide bonds. The zero-order chi connectivity index (χ0) is 27.1. The number of alkyl halides is 3. The summed E-state index contributed by atoms with van der Waals surface area (Å²) in [6.07, 6.45) is 19.6. The molecular formula is C33H48F4O. The van der Waals surface area contributed by atoms with Crippen molar-refractivity contribution in [2.24, 2.45) is 35.5 Å². The maximum atomic E-state index is 14.2. The Kier molecular flexibility index (Phi) is 10.6. The molecule has 0 bridgehead atoms. The van der Waals surface area contributed by atoms with Crippen molar-refractivity contribution in [3.8, 4) is 5.75 Å². The zero-order valence-electron chi connectivity index (χ0n) is 23.5. The topological polar surface area (TPSA) is 9.23 Å². The van der Waals surface area contributed by atoms with Crippen LogP contribution in [0.5, 0.6) is 5.75 Å². The lowest BCUT2D eigenvalue weighted by Gasteiger charge is -2.37. The molecule has 0 aliphatic heterocycles. The van der Waals surface area contributed by atoms with Gasteiger partial charge in [0.1, 0.15) is 17.1 Å². The molecule has 3 aliphatic carbocycles. The van der Waals surface area contributed by atoms with Crippen molar-refractivity contribution in [3.63, 3.8) is 0 Å². The van der Waals surface area contributed by atoms with Gasteiger partial charge in [0.25, 0.3) is 0 Å². The Morgan fingerprint density at radius 2 is 1.32 bits per heavy atom. The van der Waals surface area contributed by atoms with Crippen LogP contribution in [0.15, 0.2) is 24.3 Å². The van der Waals surface area contributed by atoms with E-state index in [0.29, 0.717) is 11.8 Å². The molecule has 3 aliphatic rings. The van der Waals surface area contributed by atoms with Gasteiger partial charge < -0.3 is 4.74 Å². The van der Waals surface area contributed by atoms with E-state index in [1.807, 2.05) is 0 Å².